The first kappa shape index (κ1) is 15.8. The minimum atomic E-state index is -0.106. The Bertz CT molecular complexity index is 647. The van der Waals surface area contributed by atoms with Crippen molar-refractivity contribution in [2.75, 3.05) is 11.9 Å². The van der Waals surface area contributed by atoms with Crippen molar-refractivity contribution >= 4 is 17.8 Å². The van der Waals surface area contributed by atoms with Gasteiger partial charge in [0.25, 0.3) is 0 Å². The number of hydrazone groups is 1. The van der Waals surface area contributed by atoms with E-state index < -0.39 is 0 Å². The van der Waals surface area contributed by atoms with Crippen molar-refractivity contribution in [1.82, 2.24) is 5.43 Å². The molecule has 1 heterocycles. The lowest BCUT2D eigenvalue weighted by atomic mass is 10.2. The Hall–Kier alpha value is -2.56. The van der Waals surface area contributed by atoms with Crippen LogP contribution < -0.4 is 10.7 Å². The second kappa shape index (κ2) is 8.02. The van der Waals surface area contributed by atoms with E-state index in [9.17, 15) is 4.79 Å². The molecule has 1 amide bonds. The molecule has 22 heavy (non-hydrogen) atoms. The van der Waals surface area contributed by atoms with Crippen LogP contribution in [0.4, 0.5) is 5.69 Å². The predicted molar refractivity (Wildman–Crippen MR) is 88.1 cm³/mol. The molecule has 116 valence electrons. The van der Waals surface area contributed by atoms with Crippen LogP contribution in [-0.4, -0.2) is 18.7 Å². The molecule has 0 saturated carbocycles. The molecule has 1 aromatic heterocycles. The van der Waals surface area contributed by atoms with E-state index in [1.165, 1.54) is 11.8 Å². The van der Waals surface area contributed by atoms with E-state index in [2.05, 4.69) is 34.9 Å². The van der Waals surface area contributed by atoms with Gasteiger partial charge < -0.3 is 9.73 Å². The van der Waals surface area contributed by atoms with Gasteiger partial charge in [-0.25, -0.2) is 5.43 Å². The lowest BCUT2D eigenvalue weighted by Crippen LogP contribution is -2.18. The highest BCUT2D eigenvalue weighted by atomic mass is 16.3. The highest BCUT2D eigenvalue weighted by molar-refractivity contribution is 5.80. The Morgan fingerprint density at radius 2 is 2.14 bits per heavy atom. The standard InChI is InChI=1S/C17H21N3O2/c1-13-5-3-6-15(11-13)18-10-4-7-17(21)20-19-12-16-9-8-14(2)22-16/h3,5-6,8-9,11-12,18H,4,7,10H2,1-2H3,(H,20,21). The van der Waals surface area contributed by atoms with E-state index in [-0.39, 0.29) is 5.91 Å². The number of hydrogen-bond acceptors (Lipinski definition) is 4. The summed E-state index contributed by atoms with van der Waals surface area (Å²) in [6.45, 7) is 4.66. The number of amides is 1. The van der Waals surface area contributed by atoms with E-state index in [0.717, 1.165) is 24.4 Å². The molecule has 0 aliphatic rings. The number of hydrogen-bond donors (Lipinski definition) is 2. The van der Waals surface area contributed by atoms with Crippen LogP contribution >= 0.6 is 0 Å². The summed E-state index contributed by atoms with van der Waals surface area (Å²) in [5, 5.41) is 7.16. The van der Waals surface area contributed by atoms with E-state index in [0.29, 0.717) is 12.2 Å². The van der Waals surface area contributed by atoms with Gasteiger partial charge in [-0.3, -0.25) is 4.79 Å². The molecule has 2 rings (SSSR count). The number of benzene rings is 1. The number of rotatable bonds is 7. The van der Waals surface area contributed by atoms with Gasteiger partial charge in [0, 0.05) is 18.7 Å². The summed E-state index contributed by atoms with van der Waals surface area (Å²) in [6.07, 6.45) is 2.67. The third-order valence-electron chi connectivity index (χ3n) is 3.07. The quantitative estimate of drug-likeness (QED) is 0.468. The van der Waals surface area contributed by atoms with Crippen molar-refractivity contribution in [3.05, 3.63) is 53.5 Å². The number of nitrogens with one attached hydrogen (secondary N) is 2. The maximum absolute atomic E-state index is 11.6. The molecule has 0 spiro atoms. The molecule has 5 nitrogen and oxygen atoms in total. The van der Waals surface area contributed by atoms with E-state index in [4.69, 9.17) is 4.42 Å². The molecule has 0 radical (unpaired) electrons. The first-order valence-corrected chi connectivity index (χ1v) is 7.32. The molecular weight excluding hydrogens is 278 g/mol. The number of carbonyl (C=O) groups excluding carboxylic acids is 1. The summed E-state index contributed by atoms with van der Waals surface area (Å²) in [4.78, 5) is 11.6. The average molecular weight is 299 g/mol. The summed E-state index contributed by atoms with van der Waals surface area (Å²) in [5.41, 5.74) is 4.78. The van der Waals surface area contributed by atoms with Crippen LogP contribution in [-0.2, 0) is 4.79 Å². The van der Waals surface area contributed by atoms with Crippen molar-refractivity contribution in [1.29, 1.82) is 0 Å². The zero-order chi connectivity index (χ0) is 15.8. The zero-order valence-electron chi connectivity index (χ0n) is 12.9. The van der Waals surface area contributed by atoms with Gasteiger partial charge in [-0.05, 0) is 50.1 Å². The van der Waals surface area contributed by atoms with Crippen LogP contribution in [0.15, 0.2) is 45.9 Å². The number of anilines is 1. The molecule has 2 N–H and O–H groups in total. The second-order valence-electron chi connectivity index (χ2n) is 5.14. The molecule has 5 heteroatoms. The monoisotopic (exact) mass is 299 g/mol. The summed E-state index contributed by atoms with van der Waals surface area (Å²) in [7, 11) is 0. The maximum atomic E-state index is 11.6. The Labute approximate surface area is 130 Å². The molecule has 0 atom stereocenters. The third-order valence-corrected chi connectivity index (χ3v) is 3.07. The molecule has 2 aromatic rings. The van der Waals surface area contributed by atoms with E-state index in [1.54, 1.807) is 6.07 Å². The first-order chi connectivity index (χ1) is 10.6. The SMILES string of the molecule is Cc1cccc(NCCCC(=O)NN=Cc2ccc(C)o2)c1. The summed E-state index contributed by atoms with van der Waals surface area (Å²) in [6, 6.07) is 11.8. The Morgan fingerprint density at radius 3 is 2.86 bits per heavy atom. The molecule has 0 fully saturated rings. The summed E-state index contributed by atoms with van der Waals surface area (Å²) in [5.74, 6) is 1.33. The highest BCUT2D eigenvalue weighted by Crippen LogP contribution is 2.09. The van der Waals surface area contributed by atoms with Gasteiger partial charge in [0.15, 0.2) is 0 Å². The van der Waals surface area contributed by atoms with Crippen LogP contribution in [0.3, 0.4) is 0 Å². The minimum absolute atomic E-state index is 0.106. The molecule has 0 bridgehead atoms. The molecular formula is C17H21N3O2. The predicted octanol–water partition coefficient (Wildman–Crippen LogP) is 3.24. The van der Waals surface area contributed by atoms with Crippen LogP contribution in [0.2, 0.25) is 0 Å². The smallest absolute Gasteiger partial charge is 0.240 e. The van der Waals surface area contributed by atoms with Crippen LogP contribution in [0, 0.1) is 13.8 Å². The number of carbonyl (C=O) groups is 1. The van der Waals surface area contributed by atoms with Crippen molar-refractivity contribution < 1.29 is 9.21 Å². The lowest BCUT2D eigenvalue weighted by Gasteiger charge is -2.06. The number of nitrogens with zero attached hydrogens (tertiary/aromatic N) is 1. The van der Waals surface area contributed by atoms with Gasteiger partial charge in [-0.1, -0.05) is 12.1 Å². The van der Waals surface area contributed by atoms with Gasteiger partial charge in [0.2, 0.25) is 5.91 Å². The van der Waals surface area contributed by atoms with Crippen molar-refractivity contribution in [3.8, 4) is 0 Å². The normalized spacial score (nSPS) is 10.8. The van der Waals surface area contributed by atoms with Gasteiger partial charge >= 0.3 is 0 Å². The fraction of sp³-hybridized carbons (Fsp3) is 0.294. The largest absolute Gasteiger partial charge is 0.460 e. The summed E-state index contributed by atoms with van der Waals surface area (Å²) >= 11 is 0. The number of furan rings is 1. The van der Waals surface area contributed by atoms with Crippen molar-refractivity contribution in [3.63, 3.8) is 0 Å². The average Bonchev–Trinajstić information content (AvgIpc) is 2.89. The summed E-state index contributed by atoms with van der Waals surface area (Å²) < 4.78 is 5.31. The van der Waals surface area contributed by atoms with Gasteiger partial charge in [-0.2, -0.15) is 5.10 Å². The Morgan fingerprint density at radius 1 is 1.27 bits per heavy atom. The zero-order valence-corrected chi connectivity index (χ0v) is 12.9. The molecule has 0 aliphatic heterocycles. The lowest BCUT2D eigenvalue weighted by molar-refractivity contribution is -0.121. The van der Waals surface area contributed by atoms with Crippen molar-refractivity contribution in [2.24, 2.45) is 5.10 Å². The van der Waals surface area contributed by atoms with Crippen LogP contribution in [0.25, 0.3) is 0 Å². The fourth-order valence-corrected chi connectivity index (χ4v) is 1.98. The maximum Gasteiger partial charge on any atom is 0.240 e. The molecule has 0 saturated heterocycles. The molecule has 1 aromatic carbocycles. The number of aryl methyl sites for hydroxylation is 2. The third kappa shape index (κ3) is 5.44. The Balaban J connectivity index is 1.62. The fourth-order valence-electron chi connectivity index (χ4n) is 1.98. The Kier molecular flexibility index (Phi) is 5.77. The minimum Gasteiger partial charge on any atom is -0.460 e. The van der Waals surface area contributed by atoms with Crippen LogP contribution in [0.5, 0.6) is 0 Å². The second-order valence-corrected chi connectivity index (χ2v) is 5.14. The highest BCUT2D eigenvalue weighted by Gasteiger charge is 2.00. The van der Waals surface area contributed by atoms with Crippen molar-refractivity contribution in [2.45, 2.75) is 26.7 Å². The molecule has 0 aliphatic carbocycles. The van der Waals surface area contributed by atoms with Gasteiger partial charge in [0.1, 0.15) is 11.5 Å². The van der Waals surface area contributed by atoms with E-state index >= 15 is 0 Å². The van der Waals surface area contributed by atoms with Crippen LogP contribution in [0.1, 0.15) is 29.9 Å². The topological polar surface area (TPSA) is 66.6 Å². The molecule has 0 unspecified atom stereocenters. The van der Waals surface area contributed by atoms with E-state index in [1.807, 2.05) is 25.1 Å². The first-order valence-electron chi connectivity index (χ1n) is 7.32. The van der Waals surface area contributed by atoms with Gasteiger partial charge in [0.05, 0.1) is 6.21 Å². The van der Waals surface area contributed by atoms with Gasteiger partial charge in [-0.15, -0.1) is 0 Å².